The third kappa shape index (κ3) is 4.44. The molecule has 0 saturated carbocycles. The van der Waals surface area contributed by atoms with Gasteiger partial charge in [-0.1, -0.05) is 0 Å². The van der Waals surface area contributed by atoms with Crippen LogP contribution in [0.4, 0.5) is 5.69 Å². The number of carbonyl (C=O) groups excluding carboxylic acids is 2. The van der Waals surface area contributed by atoms with Gasteiger partial charge in [-0.3, -0.25) is 19.7 Å². The minimum Gasteiger partial charge on any atom is -0.487 e. The quantitative estimate of drug-likeness (QED) is 0.581. The summed E-state index contributed by atoms with van der Waals surface area (Å²) in [4.78, 5) is 34.0. The number of carbonyl (C=O) groups is 2. The Labute approximate surface area is 128 Å². The van der Waals surface area contributed by atoms with E-state index in [1.165, 1.54) is 19.1 Å². The molecule has 0 heterocycles. The van der Waals surface area contributed by atoms with Gasteiger partial charge in [0.25, 0.3) is 5.91 Å². The summed E-state index contributed by atoms with van der Waals surface area (Å²) < 4.78 is 5.15. The topological polar surface area (TPSA) is 111 Å². The summed E-state index contributed by atoms with van der Waals surface area (Å²) in [5, 5.41) is 16.1. The highest BCUT2D eigenvalue weighted by Gasteiger charge is 2.21. The lowest BCUT2D eigenvalue weighted by Crippen LogP contribution is -2.44. The standard InChI is InChI=1S/C14H19N3O5/c1-4-15-13(18)9(3)16-14(19)10-6-7-12(22-5-2)11(8-10)17(20)21/h6-9H,4-5H2,1-3H3,(H,15,18)(H,16,19)/t9-/m0/s1. The van der Waals surface area contributed by atoms with Crippen LogP contribution in [0.25, 0.3) is 0 Å². The molecule has 2 N–H and O–H groups in total. The lowest BCUT2D eigenvalue weighted by molar-refractivity contribution is -0.385. The molecule has 0 bridgehead atoms. The Morgan fingerprint density at radius 1 is 1.36 bits per heavy atom. The average molecular weight is 309 g/mol. The summed E-state index contributed by atoms with van der Waals surface area (Å²) in [7, 11) is 0. The van der Waals surface area contributed by atoms with Gasteiger partial charge in [0, 0.05) is 18.2 Å². The summed E-state index contributed by atoms with van der Waals surface area (Å²) in [5.74, 6) is -0.790. The van der Waals surface area contributed by atoms with Gasteiger partial charge >= 0.3 is 5.69 Å². The maximum Gasteiger partial charge on any atom is 0.311 e. The van der Waals surface area contributed by atoms with Crippen LogP contribution in [0.1, 0.15) is 31.1 Å². The largest absolute Gasteiger partial charge is 0.487 e. The normalized spacial score (nSPS) is 11.4. The van der Waals surface area contributed by atoms with E-state index in [0.717, 1.165) is 6.07 Å². The molecule has 0 aliphatic heterocycles. The third-order valence-corrected chi connectivity index (χ3v) is 2.81. The first kappa shape index (κ1) is 17.4. The monoisotopic (exact) mass is 309 g/mol. The fourth-order valence-electron chi connectivity index (χ4n) is 1.75. The average Bonchev–Trinajstić information content (AvgIpc) is 2.47. The Hall–Kier alpha value is -2.64. The maximum absolute atomic E-state index is 12.1. The predicted octanol–water partition coefficient (Wildman–Crippen LogP) is 1.25. The molecule has 120 valence electrons. The lowest BCUT2D eigenvalue weighted by atomic mass is 10.1. The maximum atomic E-state index is 12.1. The van der Waals surface area contributed by atoms with Gasteiger partial charge in [-0.25, -0.2) is 0 Å². The molecule has 8 heteroatoms. The Kier molecular flexibility index (Phi) is 6.30. The van der Waals surface area contributed by atoms with E-state index < -0.39 is 16.9 Å². The number of hydrogen-bond acceptors (Lipinski definition) is 5. The highest BCUT2D eigenvalue weighted by molar-refractivity contribution is 5.98. The summed E-state index contributed by atoms with van der Waals surface area (Å²) in [6, 6.07) is 3.17. The minimum absolute atomic E-state index is 0.0892. The second-order valence-electron chi connectivity index (χ2n) is 4.46. The van der Waals surface area contributed by atoms with Crippen molar-refractivity contribution in [3.63, 3.8) is 0 Å². The number of nitro benzene ring substituents is 1. The molecule has 0 aliphatic rings. The number of nitrogens with one attached hydrogen (secondary N) is 2. The van der Waals surface area contributed by atoms with E-state index in [1.807, 2.05) is 0 Å². The number of amides is 2. The van der Waals surface area contributed by atoms with Crippen molar-refractivity contribution in [2.45, 2.75) is 26.8 Å². The number of nitro groups is 1. The van der Waals surface area contributed by atoms with Crippen LogP contribution in [-0.2, 0) is 4.79 Å². The van der Waals surface area contributed by atoms with E-state index in [0.29, 0.717) is 6.54 Å². The van der Waals surface area contributed by atoms with Crippen LogP contribution in [0.15, 0.2) is 18.2 Å². The highest BCUT2D eigenvalue weighted by Crippen LogP contribution is 2.27. The van der Waals surface area contributed by atoms with Gasteiger partial charge in [0.1, 0.15) is 6.04 Å². The molecule has 0 unspecified atom stereocenters. The van der Waals surface area contributed by atoms with Crippen LogP contribution < -0.4 is 15.4 Å². The first-order valence-corrected chi connectivity index (χ1v) is 6.90. The molecule has 0 fully saturated rings. The second kappa shape index (κ2) is 7.96. The van der Waals surface area contributed by atoms with Crippen LogP contribution in [0.3, 0.4) is 0 Å². The minimum atomic E-state index is -0.738. The zero-order valence-electron chi connectivity index (χ0n) is 12.7. The molecule has 1 atom stereocenters. The molecular formula is C14H19N3O5. The lowest BCUT2D eigenvalue weighted by Gasteiger charge is -2.13. The van der Waals surface area contributed by atoms with Crippen molar-refractivity contribution < 1.29 is 19.2 Å². The summed E-state index contributed by atoms with van der Waals surface area (Å²) in [5.41, 5.74) is -0.202. The van der Waals surface area contributed by atoms with E-state index in [9.17, 15) is 19.7 Å². The number of rotatable bonds is 7. The molecule has 0 aromatic heterocycles. The molecule has 0 spiro atoms. The van der Waals surface area contributed by atoms with Crippen LogP contribution >= 0.6 is 0 Å². The van der Waals surface area contributed by atoms with Crippen LogP contribution in [0.2, 0.25) is 0 Å². The van der Waals surface area contributed by atoms with Crippen molar-refractivity contribution in [2.24, 2.45) is 0 Å². The fourth-order valence-corrected chi connectivity index (χ4v) is 1.75. The SMILES string of the molecule is CCNC(=O)[C@H](C)NC(=O)c1ccc(OCC)c([N+](=O)[O-])c1. The van der Waals surface area contributed by atoms with Gasteiger partial charge in [0.2, 0.25) is 5.91 Å². The van der Waals surface area contributed by atoms with Crippen LogP contribution in [0.5, 0.6) is 5.75 Å². The van der Waals surface area contributed by atoms with Crippen molar-refractivity contribution in [1.29, 1.82) is 0 Å². The molecule has 0 saturated heterocycles. The molecule has 1 rings (SSSR count). The van der Waals surface area contributed by atoms with Crippen molar-refractivity contribution in [3.8, 4) is 5.75 Å². The first-order chi connectivity index (χ1) is 10.4. The first-order valence-electron chi connectivity index (χ1n) is 6.90. The predicted molar refractivity (Wildman–Crippen MR) is 79.9 cm³/mol. The number of hydrogen-bond donors (Lipinski definition) is 2. The fraction of sp³-hybridized carbons (Fsp3) is 0.429. The van der Waals surface area contributed by atoms with Gasteiger partial charge in [-0.05, 0) is 32.9 Å². The summed E-state index contributed by atoms with van der Waals surface area (Å²) in [6.07, 6.45) is 0. The number of benzene rings is 1. The van der Waals surface area contributed by atoms with E-state index in [-0.39, 0.29) is 29.5 Å². The molecule has 22 heavy (non-hydrogen) atoms. The van der Waals surface area contributed by atoms with Crippen molar-refractivity contribution in [1.82, 2.24) is 10.6 Å². The summed E-state index contributed by atoms with van der Waals surface area (Å²) >= 11 is 0. The molecular weight excluding hydrogens is 290 g/mol. The van der Waals surface area contributed by atoms with Crippen molar-refractivity contribution in [2.75, 3.05) is 13.2 Å². The number of likely N-dealkylation sites (N-methyl/N-ethyl adjacent to an activating group) is 1. The van der Waals surface area contributed by atoms with E-state index in [1.54, 1.807) is 13.8 Å². The smallest absolute Gasteiger partial charge is 0.311 e. The summed E-state index contributed by atoms with van der Waals surface area (Å²) in [6.45, 7) is 5.74. The molecule has 2 amide bonds. The van der Waals surface area contributed by atoms with Gasteiger partial charge in [-0.2, -0.15) is 0 Å². The van der Waals surface area contributed by atoms with E-state index in [4.69, 9.17) is 4.74 Å². The van der Waals surface area contributed by atoms with Gasteiger partial charge in [0.15, 0.2) is 5.75 Å². The van der Waals surface area contributed by atoms with Gasteiger partial charge < -0.3 is 15.4 Å². The van der Waals surface area contributed by atoms with E-state index >= 15 is 0 Å². The third-order valence-electron chi connectivity index (χ3n) is 2.81. The number of nitrogens with zero attached hydrogens (tertiary/aromatic N) is 1. The zero-order chi connectivity index (χ0) is 16.7. The second-order valence-corrected chi connectivity index (χ2v) is 4.46. The van der Waals surface area contributed by atoms with Gasteiger partial charge in [0.05, 0.1) is 11.5 Å². The Bertz CT molecular complexity index is 574. The highest BCUT2D eigenvalue weighted by atomic mass is 16.6. The van der Waals surface area contributed by atoms with Gasteiger partial charge in [-0.15, -0.1) is 0 Å². The Morgan fingerprint density at radius 3 is 2.59 bits per heavy atom. The molecule has 0 radical (unpaired) electrons. The van der Waals surface area contributed by atoms with Crippen molar-refractivity contribution >= 4 is 17.5 Å². The molecule has 8 nitrogen and oxygen atoms in total. The van der Waals surface area contributed by atoms with E-state index in [2.05, 4.69) is 10.6 Å². The molecule has 0 aliphatic carbocycles. The van der Waals surface area contributed by atoms with Crippen LogP contribution in [0, 0.1) is 10.1 Å². The molecule has 1 aromatic carbocycles. The Morgan fingerprint density at radius 2 is 2.05 bits per heavy atom. The van der Waals surface area contributed by atoms with Crippen LogP contribution in [-0.4, -0.2) is 35.9 Å². The Balaban J connectivity index is 2.92. The number of ether oxygens (including phenoxy) is 1. The zero-order valence-corrected chi connectivity index (χ0v) is 12.7. The molecule has 1 aromatic rings. The van der Waals surface area contributed by atoms with Crippen molar-refractivity contribution in [3.05, 3.63) is 33.9 Å².